The Labute approximate surface area is 162 Å². The summed E-state index contributed by atoms with van der Waals surface area (Å²) in [7, 11) is 0. The van der Waals surface area contributed by atoms with Crippen molar-refractivity contribution in [1.29, 1.82) is 0 Å². The van der Waals surface area contributed by atoms with Crippen molar-refractivity contribution in [2.45, 2.75) is 51.4 Å². The fraction of sp³-hybridized carbons (Fsp3) is 0.579. The Kier molecular flexibility index (Phi) is 4.52. The number of aliphatic hydroxyl groups excluding tert-OH is 1. The van der Waals surface area contributed by atoms with Gasteiger partial charge < -0.3 is 15.0 Å². The summed E-state index contributed by atoms with van der Waals surface area (Å²) in [6.07, 6.45) is -5.75. The maximum absolute atomic E-state index is 15.3. The molecule has 0 radical (unpaired) electrons. The predicted octanol–water partition coefficient (Wildman–Crippen LogP) is 2.53. The molecule has 2 aromatic rings. The van der Waals surface area contributed by atoms with Crippen molar-refractivity contribution in [1.82, 2.24) is 9.55 Å². The smallest absolute Gasteiger partial charge is 0.383 e. The maximum Gasteiger partial charge on any atom is 0.414 e. The Hall–Kier alpha value is -2.36. The minimum Gasteiger partial charge on any atom is -0.383 e. The number of nitrogens with zero attached hydrogens (tertiary/aromatic N) is 2. The van der Waals surface area contributed by atoms with Gasteiger partial charge in [0.1, 0.15) is 0 Å². The number of benzene rings is 1. The second-order valence-corrected chi connectivity index (χ2v) is 7.98. The molecule has 4 rings (SSSR count). The number of rotatable bonds is 3. The molecular formula is C19H21F4N3O3. The van der Waals surface area contributed by atoms with Gasteiger partial charge in [-0.2, -0.15) is 13.2 Å². The number of aryl methyl sites for hydroxylation is 2. The molecule has 1 aromatic heterocycles. The first-order valence-corrected chi connectivity index (χ1v) is 9.49. The number of hydrogen-bond acceptors (Lipinski definition) is 4. The number of alkyl halides is 3. The van der Waals surface area contributed by atoms with Crippen molar-refractivity contribution in [2.75, 3.05) is 18.0 Å². The number of aromatic amines is 1. The standard InChI is InChI=1S/C19H21F4N3O3/c1-8-12-14(24-18(29)26(17(12)28)11-3-4-11)9(2)15(13(8)20)25-6-5-10(7-25)16(27)19(21,22)23/h10-11,16,27H,3-7H2,1-2H3,(H,24,29). The monoisotopic (exact) mass is 415 g/mol. The highest BCUT2D eigenvalue weighted by Gasteiger charge is 2.46. The van der Waals surface area contributed by atoms with Crippen LogP contribution in [0, 0.1) is 25.6 Å². The molecule has 1 aliphatic carbocycles. The van der Waals surface area contributed by atoms with E-state index in [9.17, 15) is 27.9 Å². The summed E-state index contributed by atoms with van der Waals surface area (Å²) < 4.78 is 54.9. The van der Waals surface area contributed by atoms with Gasteiger partial charge in [0.25, 0.3) is 5.56 Å². The van der Waals surface area contributed by atoms with Crippen LogP contribution in [0.1, 0.15) is 36.4 Å². The van der Waals surface area contributed by atoms with E-state index in [0.29, 0.717) is 18.4 Å². The number of aromatic nitrogens is 2. The van der Waals surface area contributed by atoms with Crippen molar-refractivity contribution in [3.63, 3.8) is 0 Å². The topological polar surface area (TPSA) is 78.3 Å². The second-order valence-electron chi connectivity index (χ2n) is 7.98. The van der Waals surface area contributed by atoms with Crippen LogP contribution in [0.2, 0.25) is 0 Å². The molecule has 6 nitrogen and oxygen atoms in total. The lowest BCUT2D eigenvalue weighted by Crippen LogP contribution is -2.38. The van der Waals surface area contributed by atoms with E-state index < -0.39 is 35.3 Å². The van der Waals surface area contributed by atoms with E-state index in [-0.39, 0.29) is 47.7 Å². The number of H-pyrrole nitrogens is 1. The number of hydrogen-bond donors (Lipinski definition) is 2. The van der Waals surface area contributed by atoms with Gasteiger partial charge in [-0.1, -0.05) is 0 Å². The number of nitrogens with one attached hydrogen (secondary N) is 1. The number of halogens is 4. The summed E-state index contributed by atoms with van der Waals surface area (Å²) in [6, 6.07) is -0.179. The van der Waals surface area contributed by atoms with E-state index in [2.05, 4.69) is 4.98 Å². The van der Waals surface area contributed by atoms with E-state index in [1.165, 1.54) is 18.7 Å². The fourth-order valence-electron chi connectivity index (χ4n) is 4.30. The quantitative estimate of drug-likeness (QED) is 0.756. The zero-order valence-corrected chi connectivity index (χ0v) is 15.9. The highest BCUT2D eigenvalue weighted by Crippen LogP contribution is 2.38. The fourth-order valence-corrected chi connectivity index (χ4v) is 4.30. The summed E-state index contributed by atoms with van der Waals surface area (Å²) in [4.78, 5) is 29.4. The summed E-state index contributed by atoms with van der Waals surface area (Å²) >= 11 is 0. The van der Waals surface area contributed by atoms with Crippen molar-refractivity contribution >= 4 is 16.6 Å². The summed E-state index contributed by atoms with van der Waals surface area (Å²) in [5.74, 6) is -1.77. The lowest BCUT2D eigenvalue weighted by molar-refractivity contribution is -0.217. The SMILES string of the molecule is Cc1c(N2CCC(C(O)C(F)(F)F)C2)c(F)c(C)c2c(=O)n(C3CC3)c(=O)[nH]c12. The lowest BCUT2D eigenvalue weighted by Gasteiger charge is -2.25. The van der Waals surface area contributed by atoms with E-state index >= 15 is 4.39 Å². The molecule has 1 aromatic carbocycles. The molecule has 10 heteroatoms. The van der Waals surface area contributed by atoms with E-state index in [0.717, 1.165) is 4.57 Å². The Balaban J connectivity index is 1.82. The van der Waals surface area contributed by atoms with E-state index in [1.54, 1.807) is 0 Å². The average Bonchev–Trinajstić information content (AvgIpc) is 3.34. The minimum absolute atomic E-state index is 0.0519. The molecule has 2 N–H and O–H groups in total. The summed E-state index contributed by atoms with van der Waals surface area (Å²) in [5, 5.41) is 9.62. The largest absolute Gasteiger partial charge is 0.414 e. The maximum atomic E-state index is 15.3. The molecule has 2 fully saturated rings. The summed E-state index contributed by atoms with van der Waals surface area (Å²) in [6.45, 7) is 2.91. The third kappa shape index (κ3) is 3.13. The molecule has 2 atom stereocenters. The Bertz CT molecular complexity index is 1100. The van der Waals surface area contributed by atoms with Gasteiger partial charge in [-0.3, -0.25) is 9.36 Å². The van der Waals surface area contributed by atoms with Gasteiger partial charge in [0.15, 0.2) is 11.9 Å². The van der Waals surface area contributed by atoms with Crippen LogP contribution in [0.15, 0.2) is 9.59 Å². The van der Waals surface area contributed by atoms with Crippen LogP contribution in [0.4, 0.5) is 23.2 Å². The van der Waals surface area contributed by atoms with Crippen molar-refractivity contribution in [3.8, 4) is 0 Å². The van der Waals surface area contributed by atoms with Gasteiger partial charge in [0, 0.05) is 30.6 Å². The van der Waals surface area contributed by atoms with Gasteiger partial charge in [0.05, 0.1) is 16.6 Å². The molecule has 0 bridgehead atoms. The van der Waals surface area contributed by atoms with Gasteiger partial charge >= 0.3 is 11.9 Å². The lowest BCUT2D eigenvalue weighted by atomic mass is 10.0. The molecule has 29 heavy (non-hydrogen) atoms. The van der Waals surface area contributed by atoms with Crippen LogP contribution < -0.4 is 16.1 Å². The molecule has 2 aliphatic rings. The first-order valence-electron chi connectivity index (χ1n) is 9.49. The van der Waals surface area contributed by atoms with Crippen LogP contribution in [-0.4, -0.2) is 40.0 Å². The molecular weight excluding hydrogens is 394 g/mol. The summed E-state index contributed by atoms with van der Waals surface area (Å²) in [5.41, 5.74) is -0.517. The third-order valence-electron chi connectivity index (χ3n) is 6.01. The van der Waals surface area contributed by atoms with Crippen LogP contribution in [0.3, 0.4) is 0 Å². The van der Waals surface area contributed by atoms with Gasteiger partial charge in [-0.15, -0.1) is 0 Å². The van der Waals surface area contributed by atoms with E-state index in [1.807, 2.05) is 0 Å². The second kappa shape index (κ2) is 6.58. The zero-order valence-electron chi connectivity index (χ0n) is 15.9. The first kappa shape index (κ1) is 19.9. The highest BCUT2D eigenvalue weighted by atomic mass is 19.4. The number of anilines is 1. The third-order valence-corrected chi connectivity index (χ3v) is 6.01. The molecule has 1 saturated heterocycles. The highest BCUT2D eigenvalue weighted by molar-refractivity contribution is 5.89. The predicted molar refractivity (Wildman–Crippen MR) is 98.9 cm³/mol. The molecule has 1 aliphatic heterocycles. The average molecular weight is 415 g/mol. The molecule has 2 heterocycles. The normalized spacial score (nSPS) is 21.2. The van der Waals surface area contributed by atoms with Crippen molar-refractivity contribution < 1.29 is 22.7 Å². The Morgan fingerprint density at radius 2 is 1.79 bits per heavy atom. The Morgan fingerprint density at radius 1 is 1.14 bits per heavy atom. The van der Waals surface area contributed by atoms with Crippen LogP contribution >= 0.6 is 0 Å². The van der Waals surface area contributed by atoms with Crippen molar-refractivity contribution in [3.05, 3.63) is 37.8 Å². The van der Waals surface area contributed by atoms with Gasteiger partial charge in [-0.05, 0) is 38.7 Å². The molecule has 1 saturated carbocycles. The molecule has 0 amide bonds. The van der Waals surface area contributed by atoms with Crippen LogP contribution in [0.25, 0.3) is 10.9 Å². The molecule has 158 valence electrons. The number of aliphatic hydroxyl groups is 1. The first-order chi connectivity index (χ1) is 13.5. The Morgan fingerprint density at radius 3 is 2.38 bits per heavy atom. The minimum atomic E-state index is -4.74. The van der Waals surface area contributed by atoms with Gasteiger partial charge in [-0.25, -0.2) is 9.18 Å². The molecule has 0 spiro atoms. The molecule has 2 unspecified atom stereocenters. The van der Waals surface area contributed by atoms with Crippen molar-refractivity contribution in [2.24, 2.45) is 5.92 Å². The number of fused-ring (bicyclic) bond motifs is 1. The van der Waals surface area contributed by atoms with Crippen LogP contribution in [-0.2, 0) is 0 Å². The van der Waals surface area contributed by atoms with Gasteiger partial charge in [0.2, 0.25) is 0 Å². The van der Waals surface area contributed by atoms with Crippen LogP contribution in [0.5, 0.6) is 0 Å². The zero-order chi connectivity index (χ0) is 21.2. The van der Waals surface area contributed by atoms with E-state index in [4.69, 9.17) is 0 Å².